The standard InChI is InChI=1S/C23H20F7N5O/c24-15-10-16(25)20(27)21(19(15)26)35-34-18-11-17(12-5-4-8-14(9-12)36-23(28,29)30)32-22(33-18)31-13-6-2-1-3-7-13/h4-5,8-11,13,35H,1-3,6-7H2,(H2,31,32,33,34). The Balaban J connectivity index is 1.66. The first kappa shape index (κ1) is 25.3. The van der Waals surface area contributed by atoms with E-state index in [1.165, 1.54) is 18.2 Å². The Hall–Kier alpha value is -3.77. The molecule has 0 saturated heterocycles. The maximum absolute atomic E-state index is 14.0. The van der Waals surface area contributed by atoms with Crippen LogP contribution in [0.15, 0.2) is 36.4 Å². The van der Waals surface area contributed by atoms with Crippen LogP contribution in [0.3, 0.4) is 0 Å². The van der Waals surface area contributed by atoms with Crippen molar-refractivity contribution >= 4 is 17.5 Å². The number of rotatable bonds is 7. The smallest absolute Gasteiger partial charge is 0.406 e. The lowest BCUT2D eigenvalue weighted by Gasteiger charge is -2.23. The molecule has 1 heterocycles. The minimum atomic E-state index is -4.90. The Kier molecular flexibility index (Phi) is 7.36. The van der Waals surface area contributed by atoms with E-state index in [1.807, 2.05) is 0 Å². The molecule has 192 valence electrons. The molecule has 0 bridgehead atoms. The fraction of sp³-hybridized carbons (Fsp3) is 0.304. The second-order valence-corrected chi connectivity index (χ2v) is 8.11. The molecule has 1 saturated carbocycles. The lowest BCUT2D eigenvalue weighted by atomic mass is 9.96. The third-order valence-corrected chi connectivity index (χ3v) is 5.46. The number of benzene rings is 2. The van der Waals surface area contributed by atoms with Gasteiger partial charge in [-0.1, -0.05) is 31.4 Å². The van der Waals surface area contributed by atoms with Gasteiger partial charge >= 0.3 is 6.36 Å². The van der Waals surface area contributed by atoms with Crippen molar-refractivity contribution in [2.75, 3.05) is 16.2 Å². The summed E-state index contributed by atoms with van der Waals surface area (Å²) >= 11 is 0. The molecule has 13 heteroatoms. The summed E-state index contributed by atoms with van der Waals surface area (Å²) in [4.78, 5) is 8.57. The molecule has 1 fully saturated rings. The van der Waals surface area contributed by atoms with Crippen LogP contribution in [0.2, 0.25) is 0 Å². The highest BCUT2D eigenvalue weighted by Gasteiger charge is 2.31. The molecule has 3 aromatic rings. The Morgan fingerprint density at radius 3 is 2.19 bits per heavy atom. The van der Waals surface area contributed by atoms with Gasteiger partial charge in [-0.15, -0.1) is 13.2 Å². The molecule has 0 radical (unpaired) electrons. The van der Waals surface area contributed by atoms with E-state index in [0.717, 1.165) is 44.2 Å². The number of hydrogen-bond acceptors (Lipinski definition) is 6. The maximum Gasteiger partial charge on any atom is 0.573 e. The van der Waals surface area contributed by atoms with E-state index in [-0.39, 0.29) is 35.1 Å². The maximum atomic E-state index is 14.0. The molecule has 3 N–H and O–H groups in total. The fourth-order valence-electron chi connectivity index (χ4n) is 3.82. The number of ether oxygens (including phenoxy) is 1. The number of nitrogens with one attached hydrogen (secondary N) is 3. The topological polar surface area (TPSA) is 71.1 Å². The number of halogens is 7. The number of alkyl halides is 3. The van der Waals surface area contributed by atoms with Crippen LogP contribution in [0, 0.1) is 23.3 Å². The van der Waals surface area contributed by atoms with E-state index in [9.17, 15) is 30.7 Å². The van der Waals surface area contributed by atoms with Crippen LogP contribution in [-0.2, 0) is 0 Å². The summed E-state index contributed by atoms with van der Waals surface area (Å²) in [5.41, 5.74) is 3.69. The Morgan fingerprint density at radius 2 is 1.53 bits per heavy atom. The van der Waals surface area contributed by atoms with Crippen LogP contribution in [0.25, 0.3) is 11.3 Å². The quantitative estimate of drug-likeness (QED) is 0.183. The zero-order valence-electron chi connectivity index (χ0n) is 18.5. The zero-order chi connectivity index (χ0) is 25.9. The first-order valence-corrected chi connectivity index (χ1v) is 11.0. The van der Waals surface area contributed by atoms with Crippen molar-refractivity contribution in [3.8, 4) is 17.0 Å². The van der Waals surface area contributed by atoms with Crippen molar-refractivity contribution in [3.05, 3.63) is 59.7 Å². The van der Waals surface area contributed by atoms with Crippen LogP contribution < -0.4 is 20.9 Å². The largest absolute Gasteiger partial charge is 0.573 e. The Bertz CT molecular complexity index is 1210. The minimum absolute atomic E-state index is 0.0434. The van der Waals surface area contributed by atoms with Crippen LogP contribution in [0.1, 0.15) is 32.1 Å². The molecule has 0 amide bonds. The predicted molar refractivity (Wildman–Crippen MR) is 118 cm³/mol. The molecule has 1 aliphatic rings. The SMILES string of the molecule is Fc1cc(F)c(F)c(NNc2cc(-c3cccc(OC(F)(F)F)c3)nc(NC3CCCCC3)n2)c1F. The molecule has 0 atom stereocenters. The molecule has 6 nitrogen and oxygen atoms in total. The van der Waals surface area contributed by atoms with E-state index < -0.39 is 41.1 Å². The van der Waals surface area contributed by atoms with Gasteiger partial charge in [0, 0.05) is 23.7 Å². The van der Waals surface area contributed by atoms with Crippen molar-refractivity contribution in [1.29, 1.82) is 0 Å². The van der Waals surface area contributed by atoms with Crippen molar-refractivity contribution < 1.29 is 35.5 Å². The first-order chi connectivity index (χ1) is 17.1. The van der Waals surface area contributed by atoms with Crippen LogP contribution in [-0.4, -0.2) is 22.4 Å². The van der Waals surface area contributed by atoms with E-state index in [4.69, 9.17) is 0 Å². The van der Waals surface area contributed by atoms with Gasteiger partial charge in [0.2, 0.25) is 5.95 Å². The lowest BCUT2D eigenvalue weighted by Crippen LogP contribution is -2.24. The number of hydrogen-bond donors (Lipinski definition) is 3. The lowest BCUT2D eigenvalue weighted by molar-refractivity contribution is -0.274. The van der Waals surface area contributed by atoms with Gasteiger partial charge in [0.05, 0.1) is 5.69 Å². The number of nitrogens with zero attached hydrogens (tertiary/aromatic N) is 2. The summed E-state index contributed by atoms with van der Waals surface area (Å²) in [7, 11) is 0. The summed E-state index contributed by atoms with van der Waals surface area (Å²) in [5, 5.41) is 3.15. The van der Waals surface area contributed by atoms with Crippen molar-refractivity contribution in [2.45, 2.75) is 44.5 Å². The highest BCUT2D eigenvalue weighted by molar-refractivity contribution is 5.66. The minimum Gasteiger partial charge on any atom is -0.406 e. The summed E-state index contributed by atoms with van der Waals surface area (Å²) in [5.74, 6) is -7.00. The number of anilines is 3. The molecule has 1 aromatic heterocycles. The van der Waals surface area contributed by atoms with E-state index in [2.05, 4.69) is 30.9 Å². The van der Waals surface area contributed by atoms with Gasteiger partial charge in [0.25, 0.3) is 0 Å². The number of hydrazine groups is 1. The molecule has 0 aliphatic heterocycles. The fourth-order valence-corrected chi connectivity index (χ4v) is 3.82. The van der Waals surface area contributed by atoms with Gasteiger partial charge < -0.3 is 10.1 Å². The van der Waals surface area contributed by atoms with Crippen molar-refractivity contribution in [2.24, 2.45) is 0 Å². The van der Waals surface area contributed by atoms with Gasteiger partial charge in [-0.3, -0.25) is 10.9 Å². The third-order valence-electron chi connectivity index (χ3n) is 5.46. The first-order valence-electron chi connectivity index (χ1n) is 11.0. The monoisotopic (exact) mass is 515 g/mol. The van der Waals surface area contributed by atoms with Crippen LogP contribution >= 0.6 is 0 Å². The zero-order valence-corrected chi connectivity index (χ0v) is 18.5. The predicted octanol–water partition coefficient (Wildman–Crippen LogP) is 6.78. The van der Waals surface area contributed by atoms with Gasteiger partial charge in [0.15, 0.2) is 29.1 Å². The van der Waals surface area contributed by atoms with Crippen molar-refractivity contribution in [3.63, 3.8) is 0 Å². The molecule has 1 aliphatic carbocycles. The van der Waals surface area contributed by atoms with Crippen LogP contribution in [0.4, 0.5) is 48.2 Å². The van der Waals surface area contributed by atoms with Crippen molar-refractivity contribution in [1.82, 2.24) is 9.97 Å². The highest BCUT2D eigenvalue weighted by Crippen LogP contribution is 2.30. The van der Waals surface area contributed by atoms with E-state index in [1.54, 1.807) is 0 Å². The van der Waals surface area contributed by atoms with Gasteiger partial charge in [0.1, 0.15) is 11.4 Å². The highest BCUT2D eigenvalue weighted by atomic mass is 19.4. The molecule has 4 rings (SSSR count). The average molecular weight is 515 g/mol. The van der Waals surface area contributed by atoms with Gasteiger partial charge in [-0.2, -0.15) is 4.98 Å². The Morgan fingerprint density at radius 1 is 0.833 bits per heavy atom. The third kappa shape index (κ3) is 6.26. The Labute approximate surface area is 200 Å². The molecule has 36 heavy (non-hydrogen) atoms. The average Bonchev–Trinajstić information content (AvgIpc) is 2.82. The van der Waals surface area contributed by atoms with Crippen LogP contribution in [0.5, 0.6) is 5.75 Å². The number of aromatic nitrogens is 2. The molecule has 2 aromatic carbocycles. The second kappa shape index (κ2) is 10.5. The van der Waals surface area contributed by atoms with E-state index in [0.29, 0.717) is 0 Å². The van der Waals surface area contributed by atoms with E-state index >= 15 is 0 Å². The normalized spacial score (nSPS) is 14.4. The summed E-state index contributed by atoms with van der Waals surface area (Å²) < 4.78 is 97.0. The molecular weight excluding hydrogens is 495 g/mol. The molecule has 0 unspecified atom stereocenters. The molecule has 0 spiro atoms. The summed E-state index contributed by atoms with van der Waals surface area (Å²) in [6.45, 7) is 0. The summed E-state index contributed by atoms with van der Waals surface area (Å²) in [6, 6.07) is 6.43. The molecular formula is C23H20F7N5O. The van der Waals surface area contributed by atoms with Gasteiger partial charge in [-0.05, 0) is 25.0 Å². The van der Waals surface area contributed by atoms with Gasteiger partial charge in [-0.25, -0.2) is 22.5 Å². The second-order valence-electron chi connectivity index (χ2n) is 8.11. The summed E-state index contributed by atoms with van der Waals surface area (Å²) in [6.07, 6.45) is -0.133.